The molecular formula is C16H22O5. The highest BCUT2D eigenvalue weighted by Crippen LogP contribution is 2.42. The minimum atomic E-state index is -0.974. The number of allylic oxidation sites excluding steroid dienone is 1. The molecule has 1 aliphatic carbocycles. The van der Waals surface area contributed by atoms with Crippen LogP contribution in [-0.4, -0.2) is 25.3 Å². The number of carbonyl (C=O) groups is 2. The van der Waals surface area contributed by atoms with Gasteiger partial charge < -0.3 is 14.2 Å². The van der Waals surface area contributed by atoms with Crippen LogP contribution in [0.3, 0.4) is 0 Å². The van der Waals surface area contributed by atoms with Crippen LogP contribution < -0.4 is 0 Å². The van der Waals surface area contributed by atoms with Crippen molar-refractivity contribution in [2.45, 2.75) is 33.1 Å². The van der Waals surface area contributed by atoms with Crippen LogP contribution in [0.5, 0.6) is 0 Å². The van der Waals surface area contributed by atoms with Gasteiger partial charge in [-0.3, -0.25) is 4.79 Å². The van der Waals surface area contributed by atoms with Crippen LogP contribution >= 0.6 is 0 Å². The number of hydrogen-bond acceptors (Lipinski definition) is 5. The predicted octanol–water partition coefficient (Wildman–Crippen LogP) is 3.52. The molecule has 1 aliphatic rings. The maximum absolute atomic E-state index is 12.3. The van der Waals surface area contributed by atoms with E-state index >= 15 is 0 Å². The van der Waals surface area contributed by atoms with Crippen molar-refractivity contribution in [3.05, 3.63) is 36.6 Å². The molecule has 0 saturated heterocycles. The van der Waals surface area contributed by atoms with E-state index in [0.717, 1.165) is 18.4 Å². The molecule has 0 spiro atoms. The number of esters is 1. The molecule has 116 valence electrons. The van der Waals surface area contributed by atoms with Crippen LogP contribution in [0.4, 0.5) is 4.79 Å². The van der Waals surface area contributed by atoms with E-state index in [1.807, 2.05) is 6.92 Å². The fourth-order valence-electron chi connectivity index (χ4n) is 2.33. The van der Waals surface area contributed by atoms with Crippen molar-refractivity contribution in [1.29, 1.82) is 0 Å². The summed E-state index contributed by atoms with van der Waals surface area (Å²) in [5, 5.41) is 0. The summed E-state index contributed by atoms with van der Waals surface area (Å²) in [5.74, 6) is -0.0927. The summed E-state index contributed by atoms with van der Waals surface area (Å²) >= 11 is 0. The van der Waals surface area contributed by atoms with E-state index in [2.05, 4.69) is 13.2 Å². The van der Waals surface area contributed by atoms with Crippen molar-refractivity contribution in [3.8, 4) is 0 Å². The van der Waals surface area contributed by atoms with E-state index in [-0.39, 0.29) is 13.2 Å². The first kappa shape index (κ1) is 17.0. The Hall–Kier alpha value is -2.04. The quantitative estimate of drug-likeness (QED) is 0.554. The lowest BCUT2D eigenvalue weighted by molar-refractivity contribution is -0.154. The van der Waals surface area contributed by atoms with E-state index in [0.29, 0.717) is 12.2 Å². The lowest BCUT2D eigenvalue weighted by Crippen LogP contribution is -2.36. The topological polar surface area (TPSA) is 61.8 Å². The Kier molecular flexibility index (Phi) is 6.21. The van der Waals surface area contributed by atoms with Crippen molar-refractivity contribution < 1.29 is 23.8 Å². The largest absolute Gasteiger partial charge is 0.513 e. The highest BCUT2D eigenvalue weighted by Gasteiger charge is 2.44. The molecule has 0 aromatic heterocycles. The summed E-state index contributed by atoms with van der Waals surface area (Å²) in [5.41, 5.74) is -0.117. The fraction of sp³-hybridized carbons (Fsp3) is 0.500. The van der Waals surface area contributed by atoms with Gasteiger partial charge in [-0.1, -0.05) is 25.3 Å². The number of rotatable bonds is 6. The maximum Gasteiger partial charge on any atom is 0.513 e. The fourth-order valence-corrected chi connectivity index (χ4v) is 2.33. The Morgan fingerprint density at radius 3 is 2.48 bits per heavy atom. The smallest absolute Gasteiger partial charge is 0.461 e. The highest BCUT2D eigenvalue weighted by atomic mass is 16.7. The average Bonchev–Trinajstić information content (AvgIpc) is 2.46. The molecule has 0 aliphatic heterocycles. The predicted molar refractivity (Wildman–Crippen MR) is 78.4 cm³/mol. The third kappa shape index (κ3) is 4.21. The summed E-state index contributed by atoms with van der Waals surface area (Å²) < 4.78 is 15.2. The molecule has 0 radical (unpaired) electrons. The normalized spacial score (nSPS) is 21.4. The third-order valence-electron chi connectivity index (χ3n) is 3.40. The first-order chi connectivity index (χ1) is 9.95. The Morgan fingerprint density at radius 2 is 1.86 bits per heavy atom. The van der Waals surface area contributed by atoms with Gasteiger partial charge >= 0.3 is 12.1 Å². The van der Waals surface area contributed by atoms with Gasteiger partial charge in [0.1, 0.15) is 24.4 Å². The van der Waals surface area contributed by atoms with Gasteiger partial charge in [0.2, 0.25) is 0 Å². The lowest BCUT2D eigenvalue weighted by Gasteiger charge is -2.33. The molecule has 0 fully saturated rings. The van der Waals surface area contributed by atoms with Crippen molar-refractivity contribution >= 4 is 12.1 Å². The van der Waals surface area contributed by atoms with Crippen LogP contribution in [0.2, 0.25) is 0 Å². The SMILES string of the molecule is C=CCOC(=O)OC1=C(C)CCC[C@@]1(C)C(=O)OCC=C. The Labute approximate surface area is 125 Å². The average molecular weight is 294 g/mol. The molecule has 0 bridgehead atoms. The summed E-state index contributed by atoms with van der Waals surface area (Å²) in [7, 11) is 0. The van der Waals surface area contributed by atoms with E-state index in [1.165, 1.54) is 12.2 Å². The molecule has 5 heteroatoms. The van der Waals surface area contributed by atoms with Gasteiger partial charge in [-0.05, 0) is 38.7 Å². The zero-order chi connectivity index (χ0) is 15.9. The molecule has 21 heavy (non-hydrogen) atoms. The first-order valence-electron chi connectivity index (χ1n) is 6.89. The van der Waals surface area contributed by atoms with Crippen molar-refractivity contribution in [2.24, 2.45) is 5.41 Å². The second-order valence-electron chi connectivity index (χ2n) is 5.13. The molecule has 0 aromatic rings. The second kappa shape index (κ2) is 7.67. The Morgan fingerprint density at radius 1 is 1.24 bits per heavy atom. The van der Waals surface area contributed by atoms with Gasteiger partial charge in [0.25, 0.3) is 0 Å². The van der Waals surface area contributed by atoms with E-state index in [4.69, 9.17) is 14.2 Å². The van der Waals surface area contributed by atoms with Gasteiger partial charge in [0.05, 0.1) is 0 Å². The van der Waals surface area contributed by atoms with Crippen LogP contribution in [0.25, 0.3) is 0 Å². The van der Waals surface area contributed by atoms with Gasteiger partial charge in [-0.25, -0.2) is 4.79 Å². The Bertz CT molecular complexity index is 463. The molecule has 0 amide bonds. The minimum Gasteiger partial charge on any atom is -0.461 e. The van der Waals surface area contributed by atoms with Gasteiger partial charge in [0.15, 0.2) is 0 Å². The van der Waals surface area contributed by atoms with Crippen LogP contribution in [-0.2, 0) is 19.0 Å². The lowest BCUT2D eigenvalue weighted by atomic mass is 9.76. The molecule has 0 N–H and O–H groups in total. The first-order valence-corrected chi connectivity index (χ1v) is 6.89. The van der Waals surface area contributed by atoms with E-state index in [1.54, 1.807) is 6.92 Å². The monoisotopic (exact) mass is 294 g/mol. The van der Waals surface area contributed by atoms with Gasteiger partial charge in [-0.15, -0.1) is 0 Å². The summed E-state index contributed by atoms with van der Waals surface area (Å²) in [6.45, 7) is 10.7. The molecular weight excluding hydrogens is 272 g/mol. The van der Waals surface area contributed by atoms with E-state index < -0.39 is 17.5 Å². The summed E-state index contributed by atoms with van der Waals surface area (Å²) in [6.07, 6.45) is 4.27. The highest BCUT2D eigenvalue weighted by molar-refractivity contribution is 5.81. The van der Waals surface area contributed by atoms with Crippen molar-refractivity contribution in [3.63, 3.8) is 0 Å². The standard InChI is InChI=1S/C16H22O5/c1-5-10-19-14(17)16(4)9-7-8-12(3)13(16)21-15(18)20-11-6-2/h5-6H,1-2,7-11H2,3-4H3/t16-/m1/s1. The third-order valence-corrected chi connectivity index (χ3v) is 3.40. The number of ether oxygens (including phenoxy) is 3. The Balaban J connectivity index is 2.92. The zero-order valence-corrected chi connectivity index (χ0v) is 12.6. The summed E-state index contributed by atoms with van der Waals surface area (Å²) in [4.78, 5) is 23.9. The molecule has 5 nitrogen and oxygen atoms in total. The van der Waals surface area contributed by atoms with Gasteiger partial charge in [-0.2, -0.15) is 0 Å². The molecule has 0 saturated carbocycles. The maximum atomic E-state index is 12.3. The van der Waals surface area contributed by atoms with Crippen molar-refractivity contribution in [2.75, 3.05) is 13.2 Å². The van der Waals surface area contributed by atoms with E-state index in [9.17, 15) is 9.59 Å². The van der Waals surface area contributed by atoms with Crippen LogP contribution in [0.1, 0.15) is 33.1 Å². The van der Waals surface area contributed by atoms with Crippen molar-refractivity contribution in [1.82, 2.24) is 0 Å². The second-order valence-corrected chi connectivity index (χ2v) is 5.13. The van der Waals surface area contributed by atoms with Crippen LogP contribution in [0, 0.1) is 5.41 Å². The van der Waals surface area contributed by atoms with Crippen LogP contribution in [0.15, 0.2) is 36.6 Å². The molecule has 1 atom stereocenters. The molecule has 1 rings (SSSR count). The van der Waals surface area contributed by atoms with Gasteiger partial charge in [0, 0.05) is 0 Å². The molecule has 0 unspecified atom stereocenters. The molecule has 0 heterocycles. The summed E-state index contributed by atoms with van der Waals surface area (Å²) in [6, 6.07) is 0. The number of hydrogen-bond donors (Lipinski definition) is 0. The zero-order valence-electron chi connectivity index (χ0n) is 12.6. The molecule has 0 aromatic carbocycles. The number of carbonyl (C=O) groups excluding carboxylic acids is 2. The minimum absolute atomic E-state index is 0.0583.